The van der Waals surface area contributed by atoms with E-state index in [1.165, 1.54) is 10.5 Å². The molecule has 1 aliphatic heterocycles. The zero-order valence-corrected chi connectivity index (χ0v) is 15.2. The molecule has 0 bridgehead atoms. The predicted molar refractivity (Wildman–Crippen MR) is 99.1 cm³/mol. The number of nitrogens with zero attached hydrogens (tertiary/aromatic N) is 3. The molecule has 27 heavy (non-hydrogen) atoms. The van der Waals surface area contributed by atoms with E-state index in [1.54, 1.807) is 19.1 Å². The van der Waals surface area contributed by atoms with E-state index < -0.39 is 6.04 Å². The van der Waals surface area contributed by atoms with Crippen molar-refractivity contribution in [3.05, 3.63) is 71.4 Å². The van der Waals surface area contributed by atoms with E-state index in [-0.39, 0.29) is 24.7 Å². The van der Waals surface area contributed by atoms with Crippen LogP contribution in [0, 0.1) is 13.8 Å². The second kappa shape index (κ2) is 6.79. The third-order valence-corrected chi connectivity index (χ3v) is 4.82. The summed E-state index contributed by atoms with van der Waals surface area (Å²) in [6.45, 7) is 3.83. The van der Waals surface area contributed by atoms with Gasteiger partial charge in [0.1, 0.15) is 6.04 Å². The predicted octanol–water partition coefficient (Wildman–Crippen LogP) is 3.51. The van der Waals surface area contributed by atoms with Crippen LogP contribution in [-0.4, -0.2) is 33.3 Å². The molecule has 136 valence electrons. The van der Waals surface area contributed by atoms with Gasteiger partial charge in [0.05, 0.1) is 6.54 Å². The van der Waals surface area contributed by atoms with Crippen LogP contribution in [0.15, 0.2) is 53.1 Å². The molecule has 1 unspecified atom stereocenters. The Kier molecular flexibility index (Phi) is 4.32. The lowest BCUT2D eigenvalue weighted by Crippen LogP contribution is -2.31. The van der Waals surface area contributed by atoms with E-state index in [9.17, 15) is 9.59 Å². The van der Waals surface area contributed by atoms with Gasteiger partial charge in [-0.15, -0.1) is 0 Å². The highest BCUT2D eigenvalue weighted by molar-refractivity contribution is 5.99. The van der Waals surface area contributed by atoms with Crippen LogP contribution in [0.5, 0.6) is 0 Å². The summed E-state index contributed by atoms with van der Waals surface area (Å²) in [6, 6.07) is 15.1. The van der Waals surface area contributed by atoms with Gasteiger partial charge in [-0.25, -0.2) is 0 Å². The number of hydrogen-bond acceptors (Lipinski definition) is 5. The lowest BCUT2D eigenvalue weighted by Gasteiger charge is -2.21. The summed E-state index contributed by atoms with van der Waals surface area (Å²) in [6.07, 6.45) is 0.203. The summed E-state index contributed by atoms with van der Waals surface area (Å²) >= 11 is 0. The van der Waals surface area contributed by atoms with Gasteiger partial charge in [-0.1, -0.05) is 41.6 Å². The Morgan fingerprint density at radius 2 is 1.85 bits per heavy atom. The van der Waals surface area contributed by atoms with Crippen molar-refractivity contribution in [2.24, 2.45) is 0 Å². The number of Topliss-reactive ketones (excluding diaryl/α,β-unsaturated/α-hetero) is 1. The smallest absolute Gasteiger partial charge is 0.254 e. The largest absolute Gasteiger partial charge is 0.337 e. The van der Waals surface area contributed by atoms with E-state index in [0.29, 0.717) is 17.3 Å². The van der Waals surface area contributed by atoms with Gasteiger partial charge < -0.3 is 9.42 Å². The maximum atomic E-state index is 13.0. The van der Waals surface area contributed by atoms with E-state index in [4.69, 9.17) is 4.52 Å². The molecule has 6 heteroatoms. The first-order chi connectivity index (χ1) is 13.0. The van der Waals surface area contributed by atoms with Crippen LogP contribution < -0.4 is 0 Å². The van der Waals surface area contributed by atoms with Crippen LogP contribution in [0.25, 0.3) is 11.1 Å². The number of benzene rings is 2. The highest BCUT2D eigenvalue weighted by Gasteiger charge is 2.38. The molecule has 3 aromatic rings. The van der Waals surface area contributed by atoms with Crippen molar-refractivity contribution in [2.75, 3.05) is 6.54 Å². The summed E-state index contributed by atoms with van der Waals surface area (Å²) in [7, 11) is 0. The first kappa shape index (κ1) is 17.1. The van der Waals surface area contributed by atoms with Crippen molar-refractivity contribution in [2.45, 2.75) is 26.3 Å². The number of carbonyl (C=O) groups excluding carboxylic acids is 2. The minimum atomic E-state index is -0.498. The molecule has 0 saturated carbocycles. The number of rotatable bonds is 3. The van der Waals surface area contributed by atoms with Gasteiger partial charge in [-0.3, -0.25) is 9.59 Å². The van der Waals surface area contributed by atoms with Gasteiger partial charge >= 0.3 is 0 Å². The number of aryl methyl sites for hydroxylation is 2. The summed E-state index contributed by atoms with van der Waals surface area (Å²) < 4.78 is 5.20. The molecule has 0 spiro atoms. The Bertz CT molecular complexity index is 1010. The average molecular weight is 361 g/mol. The zero-order valence-electron chi connectivity index (χ0n) is 15.2. The van der Waals surface area contributed by atoms with E-state index >= 15 is 0 Å². The van der Waals surface area contributed by atoms with Crippen LogP contribution in [0.3, 0.4) is 0 Å². The molecule has 2 heterocycles. The lowest BCUT2D eigenvalue weighted by molar-refractivity contribution is -0.116. The number of likely N-dealkylation sites (tertiary alicyclic amines) is 1. The molecule has 1 amide bonds. The molecule has 1 saturated heterocycles. The number of carbonyl (C=O) groups is 2. The quantitative estimate of drug-likeness (QED) is 0.713. The molecule has 1 atom stereocenters. The lowest BCUT2D eigenvalue weighted by atomic mass is 9.99. The Hall–Kier alpha value is -3.28. The van der Waals surface area contributed by atoms with Crippen molar-refractivity contribution in [1.29, 1.82) is 0 Å². The van der Waals surface area contributed by atoms with Crippen LogP contribution in [0.1, 0.15) is 40.1 Å². The van der Waals surface area contributed by atoms with E-state index in [0.717, 1.165) is 11.1 Å². The highest BCUT2D eigenvalue weighted by atomic mass is 16.5. The topological polar surface area (TPSA) is 76.3 Å². The van der Waals surface area contributed by atoms with Crippen LogP contribution in [0.4, 0.5) is 0 Å². The number of hydrogen-bond donors (Lipinski definition) is 0. The number of aromatic nitrogens is 2. The number of ketones is 1. The van der Waals surface area contributed by atoms with E-state index in [1.807, 2.05) is 24.3 Å². The van der Waals surface area contributed by atoms with E-state index in [2.05, 4.69) is 29.2 Å². The molecule has 2 aromatic carbocycles. The Labute approximate surface area is 156 Å². The summed E-state index contributed by atoms with van der Waals surface area (Å²) in [4.78, 5) is 30.7. The fraction of sp³-hybridized carbons (Fsp3) is 0.238. The molecule has 1 aliphatic rings. The van der Waals surface area contributed by atoms with Crippen molar-refractivity contribution in [1.82, 2.24) is 15.0 Å². The fourth-order valence-electron chi connectivity index (χ4n) is 3.43. The van der Waals surface area contributed by atoms with Crippen LogP contribution >= 0.6 is 0 Å². The summed E-state index contributed by atoms with van der Waals surface area (Å²) in [5.74, 6) is 0.571. The molecule has 4 rings (SSSR count). The normalized spacial score (nSPS) is 16.7. The van der Waals surface area contributed by atoms with Gasteiger partial charge in [0, 0.05) is 12.0 Å². The van der Waals surface area contributed by atoms with Crippen molar-refractivity contribution in [3.63, 3.8) is 0 Å². The standard InChI is InChI=1S/C21H19N3O3/c1-13-5-3-4-6-18(13)15-7-9-16(10-8-15)21(26)24-12-17(25)11-19(24)20-22-14(2)23-27-20/h3-10,19H,11-12H2,1-2H3. The molecular weight excluding hydrogens is 342 g/mol. The monoisotopic (exact) mass is 361 g/mol. The van der Waals surface area contributed by atoms with Gasteiger partial charge in [-0.2, -0.15) is 4.98 Å². The van der Waals surface area contributed by atoms with Crippen LogP contribution in [-0.2, 0) is 4.79 Å². The second-order valence-corrected chi connectivity index (χ2v) is 6.76. The molecule has 0 aliphatic carbocycles. The number of amides is 1. The SMILES string of the molecule is Cc1noc(C2CC(=O)CN2C(=O)c2ccc(-c3ccccc3C)cc2)n1. The molecule has 0 radical (unpaired) electrons. The molecule has 1 fully saturated rings. The maximum absolute atomic E-state index is 13.0. The second-order valence-electron chi connectivity index (χ2n) is 6.76. The van der Waals surface area contributed by atoms with Gasteiger partial charge in [0.15, 0.2) is 11.6 Å². The van der Waals surface area contributed by atoms with Gasteiger partial charge in [0.25, 0.3) is 5.91 Å². The highest BCUT2D eigenvalue weighted by Crippen LogP contribution is 2.31. The van der Waals surface area contributed by atoms with Crippen molar-refractivity contribution >= 4 is 11.7 Å². The average Bonchev–Trinajstić information content (AvgIpc) is 3.27. The third-order valence-electron chi connectivity index (χ3n) is 4.82. The zero-order chi connectivity index (χ0) is 19.0. The molecular formula is C21H19N3O3. The van der Waals surface area contributed by atoms with Crippen molar-refractivity contribution in [3.8, 4) is 11.1 Å². The Balaban J connectivity index is 1.60. The van der Waals surface area contributed by atoms with Gasteiger partial charge in [0.2, 0.25) is 5.89 Å². The fourth-order valence-corrected chi connectivity index (χ4v) is 3.43. The first-order valence-electron chi connectivity index (χ1n) is 8.82. The molecule has 0 N–H and O–H groups in total. The minimum absolute atomic E-state index is 0.0132. The third kappa shape index (κ3) is 3.26. The molecule has 6 nitrogen and oxygen atoms in total. The van der Waals surface area contributed by atoms with Gasteiger partial charge in [-0.05, 0) is 42.7 Å². The first-order valence-corrected chi connectivity index (χ1v) is 8.82. The van der Waals surface area contributed by atoms with Crippen LogP contribution in [0.2, 0.25) is 0 Å². The molecule has 1 aromatic heterocycles. The Morgan fingerprint density at radius 1 is 1.11 bits per heavy atom. The summed E-state index contributed by atoms with van der Waals surface area (Å²) in [5.41, 5.74) is 3.88. The summed E-state index contributed by atoms with van der Waals surface area (Å²) in [5, 5.41) is 3.77. The van der Waals surface area contributed by atoms with Crippen molar-refractivity contribution < 1.29 is 14.1 Å². The minimum Gasteiger partial charge on any atom is -0.337 e. The maximum Gasteiger partial charge on any atom is 0.254 e. The Morgan fingerprint density at radius 3 is 2.52 bits per heavy atom.